The van der Waals surface area contributed by atoms with Crippen LogP contribution in [0.25, 0.3) is 0 Å². The molecule has 9 heavy (non-hydrogen) atoms. The van der Waals surface area contributed by atoms with Crippen LogP contribution in [0.4, 0.5) is 0 Å². The van der Waals surface area contributed by atoms with Crippen molar-refractivity contribution in [2.75, 3.05) is 13.1 Å². The Hall–Kier alpha value is 0.440. The van der Waals surface area contributed by atoms with Gasteiger partial charge >= 0.3 is 0 Å². The zero-order chi connectivity index (χ0) is 6.48. The number of halogens is 1. The van der Waals surface area contributed by atoms with Crippen molar-refractivity contribution in [3.63, 3.8) is 0 Å². The van der Waals surface area contributed by atoms with Crippen molar-refractivity contribution in [3.8, 4) is 0 Å². The molecule has 0 aromatic heterocycles. The maximum Gasteiger partial charge on any atom is 0.0249 e. The Balaban J connectivity index is 2.10. The molecule has 3 atom stereocenters. The topological polar surface area (TPSA) is 12.0 Å². The molecule has 0 spiro atoms. The van der Waals surface area contributed by atoms with Crippen molar-refractivity contribution in [2.45, 2.75) is 18.2 Å². The molecule has 52 valence electrons. The Morgan fingerprint density at radius 3 is 2.89 bits per heavy atom. The van der Waals surface area contributed by atoms with Gasteiger partial charge in [0.2, 0.25) is 0 Å². The molecule has 1 heterocycles. The van der Waals surface area contributed by atoms with Crippen molar-refractivity contribution < 1.29 is 0 Å². The van der Waals surface area contributed by atoms with Gasteiger partial charge in [-0.3, -0.25) is 0 Å². The van der Waals surface area contributed by atoms with Gasteiger partial charge < -0.3 is 5.32 Å². The number of hydrogen-bond donors (Lipinski definition) is 1. The van der Waals surface area contributed by atoms with E-state index in [4.69, 9.17) is 0 Å². The van der Waals surface area contributed by atoms with Crippen molar-refractivity contribution >= 4 is 15.9 Å². The van der Waals surface area contributed by atoms with E-state index in [1.165, 1.54) is 19.5 Å². The molecule has 0 aromatic carbocycles. The second kappa shape index (κ2) is 1.73. The molecule has 2 heteroatoms. The molecule has 0 amide bonds. The first-order valence-corrected chi connectivity index (χ1v) is 4.51. The summed E-state index contributed by atoms with van der Waals surface area (Å²) in [5, 5.41) is 3.40. The third kappa shape index (κ3) is 0.695. The number of hydrogen-bond acceptors (Lipinski definition) is 1. The molecule has 0 aromatic rings. The van der Waals surface area contributed by atoms with E-state index in [9.17, 15) is 0 Å². The SMILES string of the molecule is C[C@]12CCNC[C@@H]1[C@@H]2Br. The first kappa shape index (κ1) is 6.17. The van der Waals surface area contributed by atoms with Gasteiger partial charge in [-0.05, 0) is 30.8 Å². The maximum absolute atomic E-state index is 3.69. The summed E-state index contributed by atoms with van der Waals surface area (Å²) in [6.45, 7) is 4.83. The van der Waals surface area contributed by atoms with Crippen LogP contribution < -0.4 is 5.32 Å². The van der Waals surface area contributed by atoms with Gasteiger partial charge in [-0.15, -0.1) is 0 Å². The monoisotopic (exact) mass is 189 g/mol. The minimum absolute atomic E-state index is 0.658. The number of fused-ring (bicyclic) bond motifs is 1. The highest BCUT2D eigenvalue weighted by Crippen LogP contribution is 2.60. The van der Waals surface area contributed by atoms with E-state index in [1.807, 2.05) is 0 Å². The summed E-state index contributed by atoms with van der Waals surface area (Å²) in [6.07, 6.45) is 1.35. The van der Waals surface area contributed by atoms with E-state index in [0.29, 0.717) is 5.41 Å². The van der Waals surface area contributed by atoms with Crippen LogP contribution in [-0.2, 0) is 0 Å². The van der Waals surface area contributed by atoms with E-state index >= 15 is 0 Å². The van der Waals surface area contributed by atoms with Crippen molar-refractivity contribution in [2.24, 2.45) is 11.3 Å². The normalized spacial score (nSPS) is 56.7. The maximum atomic E-state index is 3.69. The lowest BCUT2D eigenvalue weighted by molar-refractivity contribution is 0.383. The van der Waals surface area contributed by atoms with Gasteiger partial charge in [0.25, 0.3) is 0 Å². The van der Waals surface area contributed by atoms with Crippen LogP contribution >= 0.6 is 15.9 Å². The molecular weight excluding hydrogens is 178 g/mol. The fourth-order valence-corrected chi connectivity index (χ4v) is 3.08. The number of nitrogens with one attached hydrogen (secondary N) is 1. The lowest BCUT2D eigenvalue weighted by Crippen LogP contribution is -2.27. The molecule has 0 bridgehead atoms. The van der Waals surface area contributed by atoms with E-state index in [0.717, 1.165) is 10.7 Å². The molecule has 1 aliphatic carbocycles. The van der Waals surface area contributed by atoms with Crippen molar-refractivity contribution in [1.29, 1.82) is 0 Å². The minimum Gasteiger partial charge on any atom is -0.316 e. The smallest absolute Gasteiger partial charge is 0.0249 e. The van der Waals surface area contributed by atoms with Crippen LogP contribution in [0.1, 0.15) is 13.3 Å². The van der Waals surface area contributed by atoms with Crippen LogP contribution in [0, 0.1) is 11.3 Å². The van der Waals surface area contributed by atoms with Crippen molar-refractivity contribution in [1.82, 2.24) is 5.32 Å². The molecule has 1 aliphatic heterocycles. The average Bonchev–Trinajstić information content (AvgIpc) is 2.38. The number of alkyl halides is 1. The molecule has 2 aliphatic rings. The van der Waals surface area contributed by atoms with E-state index in [2.05, 4.69) is 28.2 Å². The molecule has 2 rings (SSSR count). The lowest BCUT2D eigenvalue weighted by Gasteiger charge is -2.16. The summed E-state index contributed by atoms with van der Waals surface area (Å²) >= 11 is 3.69. The fraction of sp³-hybridized carbons (Fsp3) is 1.00. The van der Waals surface area contributed by atoms with Crippen molar-refractivity contribution in [3.05, 3.63) is 0 Å². The zero-order valence-corrected chi connectivity index (χ0v) is 7.24. The first-order chi connectivity index (χ1) is 4.25. The second-order valence-electron chi connectivity index (χ2n) is 3.47. The third-order valence-electron chi connectivity index (χ3n) is 2.93. The molecule has 0 unspecified atom stereocenters. The van der Waals surface area contributed by atoms with Gasteiger partial charge in [-0.1, -0.05) is 22.9 Å². The molecule has 2 fully saturated rings. The van der Waals surface area contributed by atoms with E-state index in [1.54, 1.807) is 0 Å². The van der Waals surface area contributed by atoms with Crippen LogP contribution in [-0.4, -0.2) is 17.9 Å². The minimum atomic E-state index is 0.658. The average molecular weight is 190 g/mol. The fourth-order valence-electron chi connectivity index (χ4n) is 1.88. The Morgan fingerprint density at radius 2 is 2.44 bits per heavy atom. The highest BCUT2D eigenvalue weighted by atomic mass is 79.9. The van der Waals surface area contributed by atoms with Gasteiger partial charge in [0, 0.05) is 4.83 Å². The Labute approximate surface area is 64.3 Å². The molecular formula is C7H12BrN. The highest BCUT2D eigenvalue weighted by molar-refractivity contribution is 9.09. The molecule has 1 nitrogen and oxygen atoms in total. The summed E-state index contributed by atoms with van der Waals surface area (Å²) in [7, 11) is 0. The number of rotatable bonds is 0. The quantitative estimate of drug-likeness (QED) is 0.569. The highest BCUT2D eigenvalue weighted by Gasteiger charge is 2.60. The van der Waals surface area contributed by atoms with Crippen LogP contribution in [0.3, 0.4) is 0 Å². The predicted molar refractivity (Wildman–Crippen MR) is 41.8 cm³/mol. The second-order valence-corrected chi connectivity index (χ2v) is 4.45. The van der Waals surface area contributed by atoms with Gasteiger partial charge in [0.05, 0.1) is 0 Å². The zero-order valence-electron chi connectivity index (χ0n) is 5.65. The number of piperidine rings is 1. The van der Waals surface area contributed by atoms with Crippen LogP contribution in [0.2, 0.25) is 0 Å². The predicted octanol–water partition coefficient (Wildman–Crippen LogP) is 1.38. The van der Waals surface area contributed by atoms with Crippen LogP contribution in [0.5, 0.6) is 0 Å². The molecule has 1 saturated carbocycles. The van der Waals surface area contributed by atoms with Gasteiger partial charge in [-0.25, -0.2) is 0 Å². The summed E-state index contributed by atoms with van der Waals surface area (Å²) in [6, 6.07) is 0. The lowest BCUT2D eigenvalue weighted by atomic mass is 9.99. The Kier molecular flexibility index (Phi) is 1.18. The van der Waals surface area contributed by atoms with E-state index < -0.39 is 0 Å². The summed E-state index contributed by atoms with van der Waals surface area (Å²) < 4.78 is 0. The van der Waals surface area contributed by atoms with Crippen LogP contribution in [0.15, 0.2) is 0 Å². The molecule has 0 radical (unpaired) electrons. The summed E-state index contributed by atoms with van der Waals surface area (Å²) in [5.41, 5.74) is 0.658. The standard InChI is InChI=1S/C7H12BrN/c1-7-2-3-9-4-5(7)6(7)8/h5-6,9H,2-4H2,1H3/t5-,6+,7+/m1/s1. The molecule has 1 N–H and O–H groups in total. The van der Waals surface area contributed by atoms with Gasteiger partial charge in [-0.2, -0.15) is 0 Å². The Bertz CT molecular complexity index is 137. The molecule has 1 saturated heterocycles. The van der Waals surface area contributed by atoms with E-state index in [-0.39, 0.29) is 0 Å². The van der Waals surface area contributed by atoms with Gasteiger partial charge in [0.1, 0.15) is 0 Å². The summed E-state index contributed by atoms with van der Waals surface area (Å²) in [4.78, 5) is 0.806. The summed E-state index contributed by atoms with van der Waals surface area (Å²) in [5.74, 6) is 0.922. The third-order valence-corrected chi connectivity index (χ3v) is 4.61. The van der Waals surface area contributed by atoms with Gasteiger partial charge in [0.15, 0.2) is 0 Å². The Morgan fingerprint density at radius 1 is 1.67 bits per heavy atom. The first-order valence-electron chi connectivity index (χ1n) is 3.60. The largest absolute Gasteiger partial charge is 0.316 e.